The Balaban J connectivity index is 1.57. The van der Waals surface area contributed by atoms with Crippen LogP contribution in [0.2, 0.25) is 0 Å². The lowest BCUT2D eigenvalue weighted by atomic mass is 9.75. The van der Waals surface area contributed by atoms with E-state index in [9.17, 15) is 0 Å². The van der Waals surface area contributed by atoms with Crippen molar-refractivity contribution in [3.05, 3.63) is 102 Å². The van der Waals surface area contributed by atoms with Crippen molar-refractivity contribution >= 4 is 27.2 Å². The molecule has 130 valence electrons. The summed E-state index contributed by atoms with van der Waals surface area (Å²) < 4.78 is 0. The third kappa shape index (κ3) is 2.18. The molecular formula is C26H21N. The molecule has 4 aromatic carbocycles. The van der Waals surface area contributed by atoms with Crippen LogP contribution in [0.25, 0.3) is 21.5 Å². The minimum absolute atomic E-state index is 0.338. The number of hydrogen-bond acceptors (Lipinski definition) is 1. The van der Waals surface area contributed by atoms with E-state index in [2.05, 4.69) is 96.3 Å². The van der Waals surface area contributed by atoms with Gasteiger partial charge in [0, 0.05) is 11.6 Å². The topological polar surface area (TPSA) is 12.0 Å². The molecule has 0 fully saturated rings. The summed E-state index contributed by atoms with van der Waals surface area (Å²) in [6, 6.07) is 29.1. The minimum atomic E-state index is 0.338. The van der Waals surface area contributed by atoms with E-state index in [0.717, 1.165) is 6.42 Å². The van der Waals surface area contributed by atoms with Crippen LogP contribution < -0.4 is 5.32 Å². The van der Waals surface area contributed by atoms with Crippen LogP contribution in [0.15, 0.2) is 91.0 Å². The molecule has 1 aliphatic heterocycles. The first-order valence-electron chi connectivity index (χ1n) is 9.83. The first-order chi connectivity index (χ1) is 13.4. The molecule has 6 rings (SSSR count). The number of anilines is 1. The Hall–Kier alpha value is -3.06. The summed E-state index contributed by atoms with van der Waals surface area (Å²) in [6.45, 7) is 0. The van der Waals surface area contributed by atoms with Gasteiger partial charge in [-0.2, -0.15) is 0 Å². The van der Waals surface area contributed by atoms with Gasteiger partial charge in [0.05, 0.1) is 6.04 Å². The molecule has 1 heteroatoms. The van der Waals surface area contributed by atoms with E-state index >= 15 is 0 Å². The van der Waals surface area contributed by atoms with E-state index in [1.165, 1.54) is 38.4 Å². The maximum absolute atomic E-state index is 3.93. The second-order valence-corrected chi connectivity index (χ2v) is 7.79. The van der Waals surface area contributed by atoms with Crippen molar-refractivity contribution in [2.75, 3.05) is 5.32 Å². The summed E-state index contributed by atoms with van der Waals surface area (Å²) >= 11 is 0. The Kier molecular flexibility index (Phi) is 3.19. The quantitative estimate of drug-likeness (QED) is 0.373. The average molecular weight is 347 g/mol. The van der Waals surface area contributed by atoms with Gasteiger partial charge in [0.25, 0.3) is 0 Å². The van der Waals surface area contributed by atoms with Crippen LogP contribution in [0.4, 0.5) is 5.69 Å². The van der Waals surface area contributed by atoms with Gasteiger partial charge >= 0.3 is 0 Å². The molecule has 27 heavy (non-hydrogen) atoms. The fourth-order valence-corrected chi connectivity index (χ4v) is 5.21. The molecule has 4 aromatic rings. The van der Waals surface area contributed by atoms with Gasteiger partial charge in [-0.05, 0) is 51.1 Å². The third-order valence-corrected chi connectivity index (χ3v) is 6.41. The monoisotopic (exact) mass is 347 g/mol. The Morgan fingerprint density at radius 1 is 0.704 bits per heavy atom. The summed E-state index contributed by atoms with van der Waals surface area (Å²) in [7, 11) is 0. The van der Waals surface area contributed by atoms with Crippen molar-refractivity contribution < 1.29 is 0 Å². The van der Waals surface area contributed by atoms with Gasteiger partial charge in [-0.1, -0.05) is 84.9 Å². The van der Waals surface area contributed by atoms with Gasteiger partial charge in [-0.15, -0.1) is 0 Å². The Bertz CT molecular complexity index is 1200. The van der Waals surface area contributed by atoms with Crippen molar-refractivity contribution in [1.29, 1.82) is 0 Å². The first-order valence-corrected chi connectivity index (χ1v) is 9.83. The van der Waals surface area contributed by atoms with Crippen LogP contribution in [0, 0.1) is 5.92 Å². The van der Waals surface area contributed by atoms with Crippen molar-refractivity contribution in [1.82, 2.24) is 0 Å². The summed E-state index contributed by atoms with van der Waals surface area (Å²) in [5.41, 5.74) is 4.19. The van der Waals surface area contributed by atoms with Gasteiger partial charge in [-0.3, -0.25) is 0 Å². The van der Waals surface area contributed by atoms with Crippen LogP contribution in [0.5, 0.6) is 0 Å². The molecule has 0 saturated carbocycles. The largest absolute Gasteiger partial charge is 0.378 e. The predicted molar refractivity (Wildman–Crippen MR) is 114 cm³/mol. The maximum atomic E-state index is 3.93. The highest BCUT2D eigenvalue weighted by Crippen LogP contribution is 2.52. The highest BCUT2D eigenvalue weighted by Gasteiger charge is 2.39. The molecule has 0 amide bonds. The zero-order valence-electron chi connectivity index (χ0n) is 15.1. The summed E-state index contributed by atoms with van der Waals surface area (Å²) in [4.78, 5) is 0. The Morgan fingerprint density at radius 3 is 2.33 bits per heavy atom. The van der Waals surface area contributed by atoms with Gasteiger partial charge in [0.15, 0.2) is 0 Å². The maximum Gasteiger partial charge on any atom is 0.0560 e. The fraction of sp³-hybridized carbons (Fsp3) is 0.154. The van der Waals surface area contributed by atoms with E-state index in [4.69, 9.17) is 0 Å². The van der Waals surface area contributed by atoms with Crippen LogP contribution in [-0.2, 0) is 0 Å². The smallest absolute Gasteiger partial charge is 0.0560 e. The van der Waals surface area contributed by atoms with E-state index in [1.54, 1.807) is 0 Å². The molecule has 2 aliphatic rings. The van der Waals surface area contributed by atoms with Gasteiger partial charge in [-0.25, -0.2) is 0 Å². The van der Waals surface area contributed by atoms with Crippen LogP contribution in [0.3, 0.4) is 0 Å². The number of nitrogens with one attached hydrogen (secondary N) is 1. The highest BCUT2D eigenvalue weighted by molar-refractivity contribution is 5.92. The molecule has 0 radical (unpaired) electrons. The van der Waals surface area contributed by atoms with Gasteiger partial charge in [0.1, 0.15) is 0 Å². The Labute approximate surface area is 159 Å². The van der Waals surface area contributed by atoms with Crippen LogP contribution in [0.1, 0.15) is 29.5 Å². The minimum Gasteiger partial charge on any atom is -0.378 e. The van der Waals surface area contributed by atoms with Gasteiger partial charge < -0.3 is 5.32 Å². The van der Waals surface area contributed by atoms with Crippen LogP contribution >= 0.6 is 0 Å². The standard InChI is InChI=1S/C26H21N/c1-3-10-19-17(7-1)9-5-13-22(19)26-23-14-6-12-21(23)25-20-11-4-2-8-18(20)15-16-24(25)27-26/h1-13,15-16,21,23,26-27H,14H2/t21-,23-,26+/m0/s1. The van der Waals surface area contributed by atoms with Crippen molar-refractivity contribution in [3.63, 3.8) is 0 Å². The molecule has 0 saturated heterocycles. The molecule has 0 unspecified atom stereocenters. The molecule has 1 nitrogen and oxygen atoms in total. The second kappa shape index (κ2) is 5.72. The summed E-state index contributed by atoms with van der Waals surface area (Å²) in [5, 5.41) is 9.34. The third-order valence-electron chi connectivity index (χ3n) is 6.41. The first kappa shape index (κ1) is 15.0. The van der Waals surface area contributed by atoms with E-state index < -0.39 is 0 Å². The predicted octanol–water partition coefficient (Wildman–Crippen LogP) is 6.82. The number of rotatable bonds is 1. The molecular weight excluding hydrogens is 326 g/mol. The molecule has 1 heterocycles. The van der Waals surface area contributed by atoms with Crippen molar-refractivity contribution in [2.45, 2.75) is 18.4 Å². The highest BCUT2D eigenvalue weighted by atomic mass is 15.0. The Morgan fingerprint density at radius 2 is 1.44 bits per heavy atom. The molecule has 0 spiro atoms. The van der Waals surface area contributed by atoms with Crippen molar-refractivity contribution in [3.8, 4) is 0 Å². The number of hydrogen-bond donors (Lipinski definition) is 1. The molecule has 1 aliphatic carbocycles. The average Bonchev–Trinajstić information content (AvgIpc) is 3.22. The summed E-state index contributed by atoms with van der Waals surface area (Å²) in [5.74, 6) is 1.05. The molecule has 3 atom stereocenters. The number of benzene rings is 4. The van der Waals surface area contributed by atoms with E-state index in [1.807, 2.05) is 0 Å². The zero-order valence-corrected chi connectivity index (χ0v) is 15.1. The lowest BCUT2D eigenvalue weighted by Crippen LogP contribution is -2.29. The van der Waals surface area contributed by atoms with Gasteiger partial charge in [0.2, 0.25) is 0 Å². The van der Waals surface area contributed by atoms with Crippen LogP contribution in [-0.4, -0.2) is 0 Å². The molecule has 0 bridgehead atoms. The van der Waals surface area contributed by atoms with E-state index in [0.29, 0.717) is 17.9 Å². The van der Waals surface area contributed by atoms with E-state index in [-0.39, 0.29) is 0 Å². The molecule has 1 N–H and O–H groups in total. The fourth-order valence-electron chi connectivity index (χ4n) is 5.21. The van der Waals surface area contributed by atoms with Crippen molar-refractivity contribution in [2.24, 2.45) is 5.92 Å². The zero-order chi connectivity index (χ0) is 17.8. The second-order valence-electron chi connectivity index (χ2n) is 7.79. The molecule has 0 aromatic heterocycles. The number of fused-ring (bicyclic) bond motifs is 6. The lowest BCUT2D eigenvalue weighted by Gasteiger charge is -2.38. The SMILES string of the molecule is C1=C[C@@H]2c3c(ccc4ccccc34)N[C@H](c3cccc4ccccc34)[C@H]2C1. The number of allylic oxidation sites excluding steroid dienone is 2. The lowest BCUT2D eigenvalue weighted by molar-refractivity contribution is 0.429. The summed E-state index contributed by atoms with van der Waals surface area (Å²) in [6.07, 6.45) is 5.95. The normalized spacial score (nSPS) is 23.2.